The summed E-state index contributed by atoms with van der Waals surface area (Å²) < 4.78 is 13.3. The highest BCUT2D eigenvalue weighted by Crippen LogP contribution is 2.17. The van der Waals surface area contributed by atoms with Gasteiger partial charge in [-0.1, -0.05) is 24.3 Å². The van der Waals surface area contributed by atoms with Crippen LogP contribution in [0.25, 0.3) is 0 Å². The number of benzene rings is 2. The van der Waals surface area contributed by atoms with Gasteiger partial charge in [0.15, 0.2) is 17.5 Å². The Kier molecular flexibility index (Phi) is 7.42. The highest BCUT2D eigenvalue weighted by molar-refractivity contribution is 7.99. The van der Waals surface area contributed by atoms with Gasteiger partial charge in [-0.3, -0.25) is 0 Å². The van der Waals surface area contributed by atoms with Gasteiger partial charge in [0, 0.05) is 23.7 Å². The molecule has 24 heavy (non-hydrogen) atoms. The third-order valence-electron chi connectivity index (χ3n) is 3.18. The Balaban J connectivity index is 1.82. The van der Waals surface area contributed by atoms with Gasteiger partial charge in [-0.25, -0.2) is 9.38 Å². The molecule has 2 aromatic rings. The number of nitrogens with zero attached hydrogens (tertiary/aromatic N) is 1. The highest BCUT2D eigenvalue weighted by Gasteiger charge is 2.02. The van der Waals surface area contributed by atoms with Crippen LogP contribution in [-0.4, -0.2) is 29.9 Å². The SMILES string of the molecule is CCNC(=NCc1ccc(O)c(F)c1)NCCSc1ccccc1. The van der Waals surface area contributed by atoms with Gasteiger partial charge >= 0.3 is 0 Å². The summed E-state index contributed by atoms with van der Waals surface area (Å²) in [5.74, 6) is 0.646. The highest BCUT2D eigenvalue weighted by atomic mass is 32.2. The van der Waals surface area contributed by atoms with Gasteiger partial charge in [-0.2, -0.15) is 0 Å². The van der Waals surface area contributed by atoms with Crippen LogP contribution in [0.15, 0.2) is 58.4 Å². The fourth-order valence-electron chi connectivity index (χ4n) is 2.02. The van der Waals surface area contributed by atoms with Crippen LogP contribution in [-0.2, 0) is 6.54 Å². The number of hydrogen-bond donors (Lipinski definition) is 3. The third-order valence-corrected chi connectivity index (χ3v) is 4.20. The van der Waals surface area contributed by atoms with Gasteiger partial charge < -0.3 is 15.7 Å². The molecule has 4 nitrogen and oxygen atoms in total. The summed E-state index contributed by atoms with van der Waals surface area (Å²) in [4.78, 5) is 5.67. The van der Waals surface area contributed by atoms with E-state index in [9.17, 15) is 9.50 Å². The Bertz CT molecular complexity index is 665. The van der Waals surface area contributed by atoms with Crippen LogP contribution in [0.1, 0.15) is 12.5 Å². The number of hydrogen-bond acceptors (Lipinski definition) is 3. The standard InChI is InChI=1S/C18H22FN3OS/c1-2-20-18(21-10-11-24-15-6-4-3-5-7-15)22-13-14-8-9-17(23)16(19)12-14/h3-9,12,23H,2,10-11,13H2,1H3,(H2,20,21,22). The third kappa shape index (κ3) is 6.12. The van der Waals surface area contributed by atoms with E-state index < -0.39 is 5.82 Å². The van der Waals surface area contributed by atoms with Gasteiger partial charge in [0.05, 0.1) is 6.54 Å². The van der Waals surface area contributed by atoms with Crippen LogP contribution >= 0.6 is 11.8 Å². The van der Waals surface area contributed by atoms with E-state index in [1.807, 2.05) is 25.1 Å². The number of rotatable bonds is 7. The van der Waals surface area contributed by atoms with E-state index in [0.717, 1.165) is 18.8 Å². The van der Waals surface area contributed by atoms with Crippen LogP contribution in [0.5, 0.6) is 5.75 Å². The lowest BCUT2D eigenvalue weighted by Crippen LogP contribution is -2.38. The zero-order valence-corrected chi connectivity index (χ0v) is 14.4. The number of phenolic OH excluding ortho intramolecular Hbond substituents is 1. The van der Waals surface area contributed by atoms with Gasteiger partial charge in [-0.05, 0) is 36.8 Å². The maximum Gasteiger partial charge on any atom is 0.191 e. The van der Waals surface area contributed by atoms with E-state index in [1.54, 1.807) is 17.8 Å². The normalized spacial score (nSPS) is 11.3. The number of aliphatic imine (C=N–C) groups is 1. The maximum atomic E-state index is 13.3. The van der Waals surface area contributed by atoms with Crippen molar-refractivity contribution in [2.45, 2.75) is 18.4 Å². The predicted octanol–water partition coefficient (Wildman–Crippen LogP) is 3.38. The van der Waals surface area contributed by atoms with Crippen LogP contribution in [0.2, 0.25) is 0 Å². The zero-order chi connectivity index (χ0) is 17.2. The Morgan fingerprint density at radius 2 is 1.96 bits per heavy atom. The molecule has 0 aliphatic heterocycles. The number of nitrogens with one attached hydrogen (secondary N) is 2. The van der Waals surface area contributed by atoms with E-state index in [2.05, 4.69) is 27.8 Å². The molecule has 2 rings (SSSR count). The van der Waals surface area contributed by atoms with Gasteiger partial charge in [0.2, 0.25) is 0 Å². The van der Waals surface area contributed by atoms with E-state index in [1.165, 1.54) is 17.0 Å². The van der Waals surface area contributed by atoms with Gasteiger partial charge in [0.25, 0.3) is 0 Å². The molecule has 0 bridgehead atoms. The van der Waals surface area contributed by atoms with Crippen molar-refractivity contribution in [3.63, 3.8) is 0 Å². The first-order valence-electron chi connectivity index (χ1n) is 7.86. The molecule has 0 amide bonds. The second-order valence-electron chi connectivity index (χ2n) is 5.07. The molecule has 0 radical (unpaired) electrons. The van der Waals surface area contributed by atoms with E-state index in [4.69, 9.17) is 0 Å². The number of thioether (sulfide) groups is 1. The fraction of sp³-hybridized carbons (Fsp3) is 0.278. The Morgan fingerprint density at radius 1 is 1.17 bits per heavy atom. The van der Waals surface area contributed by atoms with Crippen molar-refractivity contribution in [2.75, 3.05) is 18.8 Å². The lowest BCUT2D eigenvalue weighted by atomic mass is 10.2. The summed E-state index contributed by atoms with van der Waals surface area (Å²) in [6, 6.07) is 14.5. The molecule has 0 aromatic heterocycles. The van der Waals surface area contributed by atoms with Crippen molar-refractivity contribution in [1.29, 1.82) is 0 Å². The van der Waals surface area contributed by atoms with E-state index in [0.29, 0.717) is 18.1 Å². The second kappa shape index (κ2) is 9.82. The minimum absolute atomic E-state index is 0.342. The van der Waals surface area contributed by atoms with Gasteiger partial charge in [-0.15, -0.1) is 11.8 Å². The average molecular weight is 347 g/mol. The van der Waals surface area contributed by atoms with Crippen molar-refractivity contribution < 1.29 is 9.50 Å². The van der Waals surface area contributed by atoms with Crippen LogP contribution < -0.4 is 10.6 Å². The fourth-order valence-corrected chi connectivity index (χ4v) is 2.81. The number of phenols is 1. The second-order valence-corrected chi connectivity index (χ2v) is 6.24. The van der Waals surface area contributed by atoms with Gasteiger partial charge in [0.1, 0.15) is 0 Å². The van der Waals surface area contributed by atoms with Crippen molar-refractivity contribution in [3.05, 3.63) is 59.9 Å². The van der Waals surface area contributed by atoms with Crippen LogP contribution in [0, 0.1) is 5.82 Å². The summed E-state index contributed by atoms with van der Waals surface area (Å²) in [5, 5.41) is 15.6. The van der Waals surface area contributed by atoms with Crippen molar-refractivity contribution >= 4 is 17.7 Å². The maximum absolute atomic E-state index is 13.3. The molecular weight excluding hydrogens is 325 g/mol. The molecular formula is C18H22FN3OS. The number of aromatic hydroxyl groups is 1. The summed E-state index contributed by atoms with van der Waals surface area (Å²) in [6.07, 6.45) is 0. The first kappa shape index (κ1) is 18.1. The quantitative estimate of drug-likeness (QED) is 0.311. The Morgan fingerprint density at radius 3 is 2.67 bits per heavy atom. The first-order valence-corrected chi connectivity index (χ1v) is 8.85. The molecule has 0 atom stereocenters. The molecule has 3 N–H and O–H groups in total. The van der Waals surface area contributed by atoms with Crippen molar-refractivity contribution in [2.24, 2.45) is 4.99 Å². The lowest BCUT2D eigenvalue weighted by molar-refractivity contribution is 0.432. The molecule has 128 valence electrons. The molecule has 2 aromatic carbocycles. The zero-order valence-electron chi connectivity index (χ0n) is 13.6. The van der Waals surface area contributed by atoms with E-state index >= 15 is 0 Å². The Hall–Kier alpha value is -2.21. The summed E-state index contributed by atoms with van der Waals surface area (Å²) >= 11 is 1.78. The molecule has 0 fully saturated rings. The molecule has 0 aliphatic carbocycles. The predicted molar refractivity (Wildman–Crippen MR) is 98.0 cm³/mol. The minimum Gasteiger partial charge on any atom is -0.505 e. The monoisotopic (exact) mass is 347 g/mol. The molecule has 0 saturated carbocycles. The smallest absolute Gasteiger partial charge is 0.191 e. The summed E-state index contributed by atoms with van der Waals surface area (Å²) in [7, 11) is 0. The van der Waals surface area contributed by atoms with Crippen molar-refractivity contribution in [1.82, 2.24) is 10.6 Å². The molecule has 0 heterocycles. The van der Waals surface area contributed by atoms with Crippen molar-refractivity contribution in [3.8, 4) is 5.75 Å². The topological polar surface area (TPSA) is 56.7 Å². The van der Waals surface area contributed by atoms with Crippen LogP contribution in [0.4, 0.5) is 4.39 Å². The van der Waals surface area contributed by atoms with E-state index in [-0.39, 0.29) is 5.75 Å². The molecule has 0 unspecified atom stereocenters. The lowest BCUT2D eigenvalue weighted by Gasteiger charge is -2.11. The average Bonchev–Trinajstić information content (AvgIpc) is 2.60. The van der Waals surface area contributed by atoms with Crippen LogP contribution in [0.3, 0.4) is 0 Å². The minimum atomic E-state index is -0.625. The number of halogens is 1. The molecule has 0 saturated heterocycles. The first-order chi connectivity index (χ1) is 11.7. The molecule has 0 aliphatic rings. The molecule has 0 spiro atoms. The number of guanidine groups is 1. The summed E-state index contributed by atoms with van der Waals surface area (Å²) in [6.45, 7) is 3.87. The Labute approximate surface area is 146 Å². The largest absolute Gasteiger partial charge is 0.505 e. The summed E-state index contributed by atoms with van der Waals surface area (Å²) in [5.41, 5.74) is 0.709. The molecule has 6 heteroatoms.